The topological polar surface area (TPSA) is 101 Å². The number of carbonyl (C=O) groups excluding carboxylic acids is 2. The smallest absolute Gasteiger partial charge is 0.430 e. The number of amides is 2. The van der Waals surface area contributed by atoms with Gasteiger partial charge in [0.25, 0.3) is 0 Å². The number of nitriles is 1. The van der Waals surface area contributed by atoms with E-state index < -0.39 is 17.7 Å². The van der Waals surface area contributed by atoms with E-state index in [0.29, 0.717) is 25.2 Å². The Balaban J connectivity index is 1.78. The fourth-order valence-corrected chi connectivity index (χ4v) is 5.40. The van der Waals surface area contributed by atoms with E-state index >= 15 is 0 Å². The standard InChI is InChI=1S/C26H44N6O3/c1-3-35-25(34)32(31-15-9-4-5-10-16-31)21-28-23(19-22-11-7-6-8-12-22)24(33)29-26(20-27)13-17-30(2)18-14-26/h21-23H,3-19H2,1-2H3,(H,29,33)/b28-21+. The molecule has 35 heavy (non-hydrogen) atoms. The molecule has 2 heterocycles. The largest absolute Gasteiger partial charge is 0.448 e. The van der Waals surface area contributed by atoms with Crippen molar-refractivity contribution in [1.29, 1.82) is 5.26 Å². The molecule has 2 amide bonds. The number of nitrogens with zero attached hydrogens (tertiary/aromatic N) is 5. The number of carbonyl (C=O) groups is 2. The van der Waals surface area contributed by atoms with Crippen LogP contribution >= 0.6 is 0 Å². The number of likely N-dealkylation sites (tertiary alicyclic amines) is 1. The predicted molar refractivity (Wildman–Crippen MR) is 136 cm³/mol. The lowest BCUT2D eigenvalue weighted by Gasteiger charge is -2.37. The van der Waals surface area contributed by atoms with Crippen LogP contribution < -0.4 is 5.32 Å². The summed E-state index contributed by atoms with van der Waals surface area (Å²) in [6, 6.07) is 1.75. The molecule has 1 unspecified atom stereocenters. The molecule has 1 atom stereocenters. The number of ether oxygens (including phenoxy) is 1. The molecular weight excluding hydrogens is 444 g/mol. The maximum Gasteiger partial charge on any atom is 0.430 e. The lowest BCUT2D eigenvalue weighted by molar-refractivity contribution is -0.124. The Kier molecular flexibility index (Phi) is 10.8. The van der Waals surface area contributed by atoms with Crippen molar-refractivity contribution in [2.75, 3.05) is 39.8 Å². The first-order valence-electron chi connectivity index (χ1n) is 13.6. The summed E-state index contributed by atoms with van der Waals surface area (Å²) in [5, 5.41) is 16.4. The zero-order valence-electron chi connectivity index (χ0n) is 21.7. The Labute approximate surface area is 210 Å². The molecule has 2 saturated heterocycles. The van der Waals surface area contributed by atoms with Crippen LogP contribution in [-0.4, -0.2) is 84.7 Å². The second-order valence-electron chi connectivity index (χ2n) is 10.4. The van der Waals surface area contributed by atoms with Crippen LogP contribution in [0.25, 0.3) is 0 Å². The highest BCUT2D eigenvalue weighted by Crippen LogP contribution is 2.29. The first-order valence-corrected chi connectivity index (χ1v) is 13.6. The summed E-state index contributed by atoms with van der Waals surface area (Å²) < 4.78 is 5.31. The molecule has 3 fully saturated rings. The normalized spacial score (nSPS) is 23.2. The molecule has 1 N–H and O–H groups in total. The minimum atomic E-state index is -0.852. The van der Waals surface area contributed by atoms with Crippen LogP contribution in [-0.2, 0) is 9.53 Å². The molecule has 3 rings (SSSR count). The number of hydrogen-bond donors (Lipinski definition) is 1. The van der Waals surface area contributed by atoms with E-state index in [-0.39, 0.29) is 12.5 Å². The van der Waals surface area contributed by atoms with Crippen LogP contribution in [0.3, 0.4) is 0 Å². The third-order valence-corrected chi connectivity index (χ3v) is 7.70. The van der Waals surface area contributed by atoms with E-state index in [0.717, 1.165) is 64.7 Å². The van der Waals surface area contributed by atoms with Crippen molar-refractivity contribution in [1.82, 2.24) is 20.2 Å². The highest BCUT2D eigenvalue weighted by Gasteiger charge is 2.37. The van der Waals surface area contributed by atoms with Gasteiger partial charge in [0.05, 0.1) is 12.7 Å². The molecule has 0 bridgehead atoms. The summed E-state index contributed by atoms with van der Waals surface area (Å²) in [6.07, 6.45) is 13.0. The van der Waals surface area contributed by atoms with Gasteiger partial charge >= 0.3 is 6.09 Å². The summed E-state index contributed by atoms with van der Waals surface area (Å²) in [5.41, 5.74) is -0.852. The number of aliphatic imine (C=N–C) groups is 1. The SMILES string of the molecule is CCOC(=O)N(/C=N/C(CC1CCCCC1)C(=O)NC1(C#N)CCN(C)CC1)N1CCCCCC1. The number of hydrazine groups is 1. The highest BCUT2D eigenvalue weighted by atomic mass is 16.6. The van der Waals surface area contributed by atoms with Crippen LogP contribution in [0.1, 0.15) is 84.0 Å². The van der Waals surface area contributed by atoms with Crippen molar-refractivity contribution in [3.63, 3.8) is 0 Å². The third-order valence-electron chi connectivity index (χ3n) is 7.70. The number of piperidine rings is 1. The fraction of sp³-hybridized carbons (Fsp3) is 0.846. The van der Waals surface area contributed by atoms with Gasteiger partial charge in [-0.15, -0.1) is 0 Å². The maximum atomic E-state index is 13.5. The molecule has 3 aliphatic rings. The number of hydrogen-bond acceptors (Lipinski definition) is 7. The van der Waals surface area contributed by atoms with Gasteiger partial charge in [0, 0.05) is 26.2 Å². The fourth-order valence-electron chi connectivity index (χ4n) is 5.40. The summed E-state index contributed by atoms with van der Waals surface area (Å²) in [7, 11) is 2.03. The second kappa shape index (κ2) is 13.8. The van der Waals surface area contributed by atoms with Crippen LogP contribution in [0, 0.1) is 17.2 Å². The Bertz CT molecular complexity index is 745. The Morgan fingerprint density at radius 3 is 2.34 bits per heavy atom. The predicted octanol–water partition coefficient (Wildman–Crippen LogP) is 3.71. The van der Waals surface area contributed by atoms with Gasteiger partial charge in [-0.25, -0.2) is 9.80 Å². The molecule has 0 aromatic rings. The molecule has 0 radical (unpaired) electrons. The lowest BCUT2D eigenvalue weighted by Crippen LogP contribution is -2.56. The van der Waals surface area contributed by atoms with E-state index in [2.05, 4.69) is 16.3 Å². The monoisotopic (exact) mass is 488 g/mol. The third kappa shape index (κ3) is 8.18. The van der Waals surface area contributed by atoms with Crippen molar-refractivity contribution < 1.29 is 14.3 Å². The zero-order chi connectivity index (χ0) is 25.1. The minimum absolute atomic E-state index is 0.211. The summed E-state index contributed by atoms with van der Waals surface area (Å²) >= 11 is 0. The van der Waals surface area contributed by atoms with Gasteiger partial charge < -0.3 is 15.0 Å². The van der Waals surface area contributed by atoms with E-state index in [9.17, 15) is 14.9 Å². The molecule has 1 saturated carbocycles. The summed E-state index contributed by atoms with van der Waals surface area (Å²) in [4.78, 5) is 33.2. The van der Waals surface area contributed by atoms with Crippen molar-refractivity contribution in [3.05, 3.63) is 0 Å². The van der Waals surface area contributed by atoms with Crippen molar-refractivity contribution in [2.24, 2.45) is 10.9 Å². The molecule has 0 aromatic heterocycles. The van der Waals surface area contributed by atoms with E-state index in [1.54, 1.807) is 6.92 Å². The van der Waals surface area contributed by atoms with Crippen molar-refractivity contribution in [2.45, 2.75) is 95.6 Å². The van der Waals surface area contributed by atoms with Crippen LogP contribution in [0.4, 0.5) is 4.79 Å². The Morgan fingerprint density at radius 1 is 1.11 bits per heavy atom. The second-order valence-corrected chi connectivity index (χ2v) is 10.4. The minimum Gasteiger partial charge on any atom is -0.448 e. The number of nitrogens with one attached hydrogen (secondary N) is 1. The first kappa shape index (κ1) is 27.4. The highest BCUT2D eigenvalue weighted by molar-refractivity contribution is 5.86. The summed E-state index contributed by atoms with van der Waals surface area (Å²) in [6.45, 7) is 5.14. The van der Waals surface area contributed by atoms with Gasteiger partial charge in [-0.2, -0.15) is 10.3 Å². The van der Waals surface area contributed by atoms with E-state index in [1.807, 2.05) is 12.1 Å². The van der Waals surface area contributed by atoms with Crippen LogP contribution in [0.5, 0.6) is 0 Å². The zero-order valence-corrected chi connectivity index (χ0v) is 21.7. The van der Waals surface area contributed by atoms with Gasteiger partial charge in [0.1, 0.15) is 17.9 Å². The van der Waals surface area contributed by atoms with Gasteiger partial charge in [0.15, 0.2) is 0 Å². The molecule has 2 aliphatic heterocycles. The molecule has 0 spiro atoms. The van der Waals surface area contributed by atoms with Crippen molar-refractivity contribution in [3.8, 4) is 6.07 Å². The number of rotatable bonds is 8. The maximum absolute atomic E-state index is 13.5. The van der Waals surface area contributed by atoms with Gasteiger partial charge in [-0.3, -0.25) is 9.79 Å². The van der Waals surface area contributed by atoms with E-state index in [4.69, 9.17) is 9.73 Å². The molecular formula is C26H44N6O3. The Hall–Kier alpha value is -2.18. The average Bonchev–Trinajstić information content (AvgIpc) is 3.15. The molecule has 9 heteroatoms. The van der Waals surface area contributed by atoms with Crippen molar-refractivity contribution >= 4 is 18.3 Å². The molecule has 9 nitrogen and oxygen atoms in total. The van der Waals surface area contributed by atoms with Crippen LogP contribution in [0.15, 0.2) is 4.99 Å². The Morgan fingerprint density at radius 2 is 1.74 bits per heavy atom. The summed E-state index contributed by atoms with van der Waals surface area (Å²) in [5.74, 6) is 0.221. The van der Waals surface area contributed by atoms with Gasteiger partial charge in [-0.05, 0) is 52.0 Å². The molecule has 196 valence electrons. The first-order chi connectivity index (χ1) is 17.0. The van der Waals surface area contributed by atoms with Crippen LogP contribution in [0.2, 0.25) is 0 Å². The quantitative estimate of drug-likeness (QED) is 0.413. The lowest BCUT2D eigenvalue weighted by atomic mass is 9.84. The van der Waals surface area contributed by atoms with E-state index in [1.165, 1.54) is 30.6 Å². The molecule has 0 aromatic carbocycles. The average molecular weight is 489 g/mol. The van der Waals surface area contributed by atoms with Gasteiger partial charge in [0.2, 0.25) is 5.91 Å². The molecule has 1 aliphatic carbocycles. The van der Waals surface area contributed by atoms with Gasteiger partial charge in [-0.1, -0.05) is 44.9 Å².